The van der Waals surface area contributed by atoms with Gasteiger partial charge in [-0.15, -0.1) is 0 Å². The van der Waals surface area contributed by atoms with Gasteiger partial charge in [0.1, 0.15) is 5.82 Å². The molecule has 1 nitrogen and oxygen atoms in total. The summed E-state index contributed by atoms with van der Waals surface area (Å²) in [7, 11) is 0. The van der Waals surface area contributed by atoms with Gasteiger partial charge in [0.05, 0.1) is 0 Å². The van der Waals surface area contributed by atoms with Gasteiger partial charge in [0.15, 0.2) is 0 Å². The minimum atomic E-state index is -0.120. The third-order valence-electron chi connectivity index (χ3n) is 3.72. The second-order valence-electron chi connectivity index (χ2n) is 5.09. The molecule has 1 atom stereocenters. The Labute approximate surface area is 103 Å². The number of nitrogens with one attached hydrogen (secondary N) is 1. The lowest BCUT2D eigenvalue weighted by atomic mass is 9.77. The first-order valence-electron chi connectivity index (χ1n) is 6.77. The van der Waals surface area contributed by atoms with Crippen LogP contribution in [0.2, 0.25) is 0 Å². The molecule has 1 unspecified atom stereocenters. The Hall–Kier alpha value is -0.890. The van der Waals surface area contributed by atoms with Crippen molar-refractivity contribution in [2.24, 2.45) is 5.92 Å². The van der Waals surface area contributed by atoms with Gasteiger partial charge in [-0.05, 0) is 55.8 Å². The van der Waals surface area contributed by atoms with Crippen LogP contribution in [0.4, 0.5) is 4.39 Å². The summed E-state index contributed by atoms with van der Waals surface area (Å²) in [5.41, 5.74) is 1.12. The highest BCUT2D eigenvalue weighted by atomic mass is 19.1. The first-order valence-corrected chi connectivity index (χ1v) is 6.77. The highest BCUT2D eigenvalue weighted by Gasteiger charge is 2.26. The number of benzene rings is 1. The van der Waals surface area contributed by atoms with E-state index < -0.39 is 0 Å². The monoisotopic (exact) mass is 235 g/mol. The van der Waals surface area contributed by atoms with Gasteiger partial charge in [0.25, 0.3) is 0 Å². The Balaban J connectivity index is 1.95. The molecule has 0 aromatic heterocycles. The van der Waals surface area contributed by atoms with Crippen LogP contribution in [0.1, 0.15) is 38.2 Å². The van der Waals surface area contributed by atoms with Crippen LogP contribution in [0.5, 0.6) is 0 Å². The Morgan fingerprint density at radius 3 is 2.82 bits per heavy atom. The van der Waals surface area contributed by atoms with Crippen molar-refractivity contribution in [2.45, 2.75) is 45.1 Å². The highest BCUT2D eigenvalue weighted by Crippen LogP contribution is 2.31. The Bertz CT molecular complexity index is 347. The first kappa shape index (κ1) is 12.6. The molecule has 1 N–H and O–H groups in total. The van der Waals surface area contributed by atoms with E-state index >= 15 is 0 Å². The van der Waals surface area contributed by atoms with Crippen molar-refractivity contribution in [1.82, 2.24) is 5.32 Å². The average molecular weight is 235 g/mol. The van der Waals surface area contributed by atoms with Crippen molar-refractivity contribution in [3.8, 4) is 0 Å². The summed E-state index contributed by atoms with van der Waals surface area (Å²) in [6, 6.07) is 7.55. The molecule has 0 aliphatic heterocycles. The Kier molecular flexibility index (Phi) is 4.55. The van der Waals surface area contributed by atoms with Crippen LogP contribution in [0, 0.1) is 11.7 Å². The molecular weight excluding hydrogens is 213 g/mol. The van der Waals surface area contributed by atoms with Crippen LogP contribution in [-0.4, -0.2) is 12.6 Å². The van der Waals surface area contributed by atoms with E-state index in [1.165, 1.54) is 25.3 Å². The van der Waals surface area contributed by atoms with Crippen LogP contribution in [0.3, 0.4) is 0 Å². The molecule has 0 heterocycles. The minimum absolute atomic E-state index is 0.120. The molecule has 1 saturated carbocycles. The van der Waals surface area contributed by atoms with E-state index in [4.69, 9.17) is 0 Å². The lowest BCUT2D eigenvalue weighted by Crippen LogP contribution is -2.41. The van der Waals surface area contributed by atoms with E-state index in [2.05, 4.69) is 12.2 Å². The molecule has 1 aliphatic carbocycles. The van der Waals surface area contributed by atoms with Crippen molar-refractivity contribution in [3.63, 3.8) is 0 Å². The van der Waals surface area contributed by atoms with Crippen LogP contribution in [0.15, 0.2) is 24.3 Å². The van der Waals surface area contributed by atoms with Crippen molar-refractivity contribution in [1.29, 1.82) is 0 Å². The lowest BCUT2D eigenvalue weighted by Gasteiger charge is -2.34. The Morgan fingerprint density at radius 1 is 1.41 bits per heavy atom. The fraction of sp³-hybridized carbons (Fsp3) is 0.600. The van der Waals surface area contributed by atoms with Gasteiger partial charge in [-0.1, -0.05) is 25.5 Å². The fourth-order valence-corrected chi connectivity index (χ4v) is 2.50. The predicted molar refractivity (Wildman–Crippen MR) is 69.5 cm³/mol. The molecule has 1 fully saturated rings. The zero-order valence-corrected chi connectivity index (χ0v) is 10.6. The molecule has 0 spiro atoms. The maximum absolute atomic E-state index is 13.1. The third-order valence-corrected chi connectivity index (χ3v) is 3.72. The molecule has 0 radical (unpaired) electrons. The molecule has 2 heteroatoms. The lowest BCUT2D eigenvalue weighted by molar-refractivity contribution is 0.227. The van der Waals surface area contributed by atoms with Crippen molar-refractivity contribution < 1.29 is 4.39 Å². The normalized spacial score (nSPS) is 17.8. The van der Waals surface area contributed by atoms with Crippen molar-refractivity contribution in [3.05, 3.63) is 35.6 Å². The summed E-state index contributed by atoms with van der Waals surface area (Å²) < 4.78 is 13.1. The third kappa shape index (κ3) is 3.53. The summed E-state index contributed by atoms with van der Waals surface area (Å²) in [4.78, 5) is 0. The van der Waals surface area contributed by atoms with E-state index in [1.807, 2.05) is 12.1 Å². The maximum Gasteiger partial charge on any atom is 0.123 e. The van der Waals surface area contributed by atoms with E-state index in [1.54, 1.807) is 6.07 Å². The maximum atomic E-state index is 13.1. The fourth-order valence-electron chi connectivity index (χ4n) is 2.50. The van der Waals surface area contributed by atoms with E-state index in [9.17, 15) is 4.39 Å². The summed E-state index contributed by atoms with van der Waals surface area (Å²) in [6.45, 7) is 3.25. The molecule has 2 rings (SSSR count). The standard InChI is InChI=1S/C15H22FN/c1-2-9-17-15(13-6-4-7-13)11-12-5-3-8-14(16)10-12/h3,5,8,10,13,15,17H,2,4,6-7,9,11H2,1H3. The average Bonchev–Trinajstić information content (AvgIpc) is 2.23. The predicted octanol–water partition coefficient (Wildman–Crippen LogP) is 3.54. The zero-order valence-electron chi connectivity index (χ0n) is 10.6. The molecule has 1 aliphatic rings. The Morgan fingerprint density at radius 2 is 2.24 bits per heavy atom. The smallest absolute Gasteiger partial charge is 0.123 e. The van der Waals surface area contributed by atoms with Crippen LogP contribution < -0.4 is 5.32 Å². The van der Waals surface area contributed by atoms with Gasteiger partial charge in [-0.25, -0.2) is 4.39 Å². The largest absolute Gasteiger partial charge is 0.313 e. The van der Waals surface area contributed by atoms with Crippen molar-refractivity contribution >= 4 is 0 Å². The van der Waals surface area contributed by atoms with E-state index in [-0.39, 0.29) is 5.82 Å². The molecular formula is C15H22FN. The highest BCUT2D eigenvalue weighted by molar-refractivity contribution is 5.17. The second kappa shape index (κ2) is 6.15. The van der Waals surface area contributed by atoms with Gasteiger partial charge < -0.3 is 5.32 Å². The van der Waals surface area contributed by atoms with Crippen molar-refractivity contribution in [2.75, 3.05) is 6.54 Å². The SMILES string of the molecule is CCCNC(Cc1cccc(F)c1)C1CCC1. The van der Waals surface area contributed by atoms with E-state index in [0.29, 0.717) is 6.04 Å². The van der Waals surface area contributed by atoms with Crippen LogP contribution in [-0.2, 0) is 6.42 Å². The van der Waals surface area contributed by atoms with Crippen LogP contribution in [0.25, 0.3) is 0 Å². The number of rotatable bonds is 6. The summed E-state index contributed by atoms with van der Waals surface area (Å²) in [5, 5.41) is 3.62. The second-order valence-corrected chi connectivity index (χ2v) is 5.09. The number of halogens is 1. The number of hydrogen-bond donors (Lipinski definition) is 1. The molecule has 0 amide bonds. The van der Waals surface area contributed by atoms with E-state index in [0.717, 1.165) is 30.9 Å². The summed E-state index contributed by atoms with van der Waals surface area (Å²) >= 11 is 0. The molecule has 1 aromatic rings. The topological polar surface area (TPSA) is 12.0 Å². The minimum Gasteiger partial charge on any atom is -0.313 e. The summed E-state index contributed by atoms with van der Waals surface area (Å²) in [5.74, 6) is 0.676. The molecule has 1 aromatic carbocycles. The quantitative estimate of drug-likeness (QED) is 0.795. The van der Waals surface area contributed by atoms with Gasteiger partial charge in [0, 0.05) is 6.04 Å². The molecule has 94 valence electrons. The zero-order chi connectivity index (χ0) is 12.1. The molecule has 0 bridgehead atoms. The van der Waals surface area contributed by atoms with Crippen LogP contribution >= 0.6 is 0 Å². The molecule has 0 saturated heterocycles. The first-order chi connectivity index (χ1) is 8.29. The van der Waals surface area contributed by atoms with Gasteiger partial charge in [-0.2, -0.15) is 0 Å². The van der Waals surface area contributed by atoms with Gasteiger partial charge in [0.2, 0.25) is 0 Å². The number of hydrogen-bond acceptors (Lipinski definition) is 1. The molecule has 17 heavy (non-hydrogen) atoms. The van der Waals surface area contributed by atoms with Gasteiger partial charge >= 0.3 is 0 Å². The summed E-state index contributed by atoms with van der Waals surface area (Å²) in [6.07, 6.45) is 6.14. The van der Waals surface area contributed by atoms with Gasteiger partial charge in [-0.3, -0.25) is 0 Å².